The lowest BCUT2D eigenvalue weighted by molar-refractivity contribution is -0.157. The number of amides is 1. The van der Waals surface area contributed by atoms with Gasteiger partial charge in [-0.15, -0.1) is 0 Å². The standard InChI is InChI=1S/C23H26FNO5/c1-15(19-13-18(28-2)9-10-20(19)29-3)25-21(26)14-30-22(27)23(11-4-12-23)16-5-7-17(24)8-6-16/h5-10,13,15H,4,11-12,14H2,1-3H3,(H,25,26). The third kappa shape index (κ3) is 4.40. The van der Waals surface area contributed by atoms with Crippen LogP contribution in [0.4, 0.5) is 4.39 Å². The summed E-state index contributed by atoms with van der Waals surface area (Å²) >= 11 is 0. The molecular formula is C23H26FNO5. The summed E-state index contributed by atoms with van der Waals surface area (Å²) in [6.07, 6.45) is 2.12. The van der Waals surface area contributed by atoms with Gasteiger partial charge in [-0.3, -0.25) is 9.59 Å². The van der Waals surface area contributed by atoms with E-state index in [1.165, 1.54) is 12.1 Å². The van der Waals surface area contributed by atoms with Crippen molar-refractivity contribution in [3.63, 3.8) is 0 Å². The van der Waals surface area contributed by atoms with Crippen molar-refractivity contribution in [2.45, 2.75) is 37.6 Å². The summed E-state index contributed by atoms with van der Waals surface area (Å²) in [6.45, 7) is 1.42. The minimum Gasteiger partial charge on any atom is -0.497 e. The van der Waals surface area contributed by atoms with Crippen molar-refractivity contribution in [3.8, 4) is 11.5 Å². The molecule has 0 radical (unpaired) electrons. The van der Waals surface area contributed by atoms with E-state index in [4.69, 9.17) is 14.2 Å². The molecule has 7 heteroatoms. The molecule has 0 spiro atoms. The summed E-state index contributed by atoms with van der Waals surface area (Å²) < 4.78 is 29.1. The van der Waals surface area contributed by atoms with Crippen LogP contribution in [0.25, 0.3) is 0 Å². The molecule has 1 amide bonds. The van der Waals surface area contributed by atoms with Crippen LogP contribution in [0.3, 0.4) is 0 Å². The van der Waals surface area contributed by atoms with Gasteiger partial charge in [-0.1, -0.05) is 18.6 Å². The minimum atomic E-state index is -0.796. The Morgan fingerprint density at radius 1 is 1.10 bits per heavy atom. The Morgan fingerprint density at radius 2 is 1.80 bits per heavy atom. The van der Waals surface area contributed by atoms with E-state index in [1.807, 2.05) is 6.92 Å². The Kier molecular flexibility index (Phi) is 6.59. The SMILES string of the molecule is COc1ccc(OC)c(C(C)NC(=O)COC(=O)C2(c3ccc(F)cc3)CCC2)c1. The van der Waals surface area contributed by atoms with Crippen LogP contribution in [0, 0.1) is 5.82 Å². The molecule has 1 aliphatic carbocycles. The number of esters is 1. The van der Waals surface area contributed by atoms with Crippen LogP contribution in [0.1, 0.15) is 43.4 Å². The molecule has 1 atom stereocenters. The Morgan fingerprint density at radius 3 is 2.37 bits per heavy atom. The number of benzene rings is 2. The highest BCUT2D eigenvalue weighted by atomic mass is 19.1. The largest absolute Gasteiger partial charge is 0.497 e. The molecule has 1 aliphatic rings. The van der Waals surface area contributed by atoms with Crippen molar-refractivity contribution < 1.29 is 28.2 Å². The van der Waals surface area contributed by atoms with E-state index in [0.717, 1.165) is 17.5 Å². The van der Waals surface area contributed by atoms with Gasteiger partial charge in [-0.05, 0) is 55.7 Å². The number of rotatable bonds is 8. The fraction of sp³-hybridized carbons (Fsp3) is 0.391. The first-order chi connectivity index (χ1) is 14.4. The average molecular weight is 415 g/mol. The molecule has 160 valence electrons. The van der Waals surface area contributed by atoms with Gasteiger partial charge in [0.15, 0.2) is 6.61 Å². The van der Waals surface area contributed by atoms with Gasteiger partial charge >= 0.3 is 5.97 Å². The van der Waals surface area contributed by atoms with Crippen molar-refractivity contribution >= 4 is 11.9 Å². The molecule has 3 rings (SSSR count). The summed E-state index contributed by atoms with van der Waals surface area (Å²) in [7, 11) is 3.11. The molecule has 0 bridgehead atoms. The number of carbonyl (C=O) groups is 2. The molecule has 2 aromatic carbocycles. The second-order valence-electron chi connectivity index (χ2n) is 7.42. The number of halogens is 1. The van der Waals surface area contributed by atoms with Crippen LogP contribution in [0.5, 0.6) is 11.5 Å². The number of methoxy groups -OCH3 is 2. The maximum Gasteiger partial charge on any atom is 0.317 e. The van der Waals surface area contributed by atoms with Crippen molar-refractivity contribution in [3.05, 3.63) is 59.4 Å². The van der Waals surface area contributed by atoms with Crippen LogP contribution in [-0.4, -0.2) is 32.7 Å². The van der Waals surface area contributed by atoms with Crippen molar-refractivity contribution in [2.24, 2.45) is 0 Å². The highest BCUT2D eigenvalue weighted by molar-refractivity contribution is 5.87. The number of hydrogen-bond acceptors (Lipinski definition) is 5. The first kappa shape index (κ1) is 21.6. The summed E-state index contributed by atoms with van der Waals surface area (Å²) in [5, 5.41) is 2.81. The highest BCUT2D eigenvalue weighted by Gasteiger charge is 2.47. The normalized spacial score (nSPS) is 15.5. The molecule has 30 heavy (non-hydrogen) atoms. The van der Waals surface area contributed by atoms with Crippen LogP contribution >= 0.6 is 0 Å². The van der Waals surface area contributed by atoms with Gasteiger partial charge in [0, 0.05) is 5.56 Å². The van der Waals surface area contributed by atoms with Crippen LogP contribution < -0.4 is 14.8 Å². The molecule has 1 N–H and O–H groups in total. The lowest BCUT2D eigenvalue weighted by Crippen LogP contribution is -2.45. The predicted molar refractivity (Wildman–Crippen MR) is 109 cm³/mol. The maximum atomic E-state index is 13.2. The van der Waals surface area contributed by atoms with E-state index >= 15 is 0 Å². The Bertz CT molecular complexity index is 908. The third-order valence-electron chi connectivity index (χ3n) is 5.61. The molecule has 0 heterocycles. The summed E-state index contributed by atoms with van der Waals surface area (Å²) in [5.74, 6) is 0.0224. The van der Waals surface area contributed by atoms with E-state index in [1.54, 1.807) is 44.6 Å². The number of carbonyl (C=O) groups excluding carboxylic acids is 2. The first-order valence-corrected chi connectivity index (χ1v) is 9.84. The van der Waals surface area contributed by atoms with Crippen molar-refractivity contribution in [2.75, 3.05) is 20.8 Å². The van der Waals surface area contributed by atoms with Gasteiger partial charge in [0.1, 0.15) is 17.3 Å². The summed E-state index contributed by atoms with van der Waals surface area (Å²) in [4.78, 5) is 25.1. The molecule has 1 saturated carbocycles. The van der Waals surface area contributed by atoms with Gasteiger partial charge in [-0.2, -0.15) is 0 Å². The zero-order chi connectivity index (χ0) is 21.7. The van der Waals surface area contributed by atoms with Crippen LogP contribution in [0.15, 0.2) is 42.5 Å². The van der Waals surface area contributed by atoms with Gasteiger partial charge in [0.2, 0.25) is 0 Å². The average Bonchev–Trinajstić information content (AvgIpc) is 2.72. The smallest absolute Gasteiger partial charge is 0.317 e. The molecule has 0 aromatic heterocycles. The lowest BCUT2D eigenvalue weighted by atomic mass is 9.64. The number of nitrogens with one attached hydrogen (secondary N) is 1. The lowest BCUT2D eigenvalue weighted by Gasteiger charge is -2.39. The number of ether oxygens (including phenoxy) is 3. The Hall–Kier alpha value is -3.09. The second-order valence-corrected chi connectivity index (χ2v) is 7.42. The van der Waals surface area contributed by atoms with Gasteiger partial charge < -0.3 is 19.5 Å². The first-order valence-electron chi connectivity index (χ1n) is 9.84. The minimum absolute atomic E-state index is 0.358. The Balaban J connectivity index is 1.61. The van der Waals surface area contributed by atoms with Crippen LogP contribution in [-0.2, 0) is 19.7 Å². The zero-order valence-electron chi connectivity index (χ0n) is 17.4. The Labute approximate surface area is 175 Å². The van der Waals surface area contributed by atoms with E-state index in [0.29, 0.717) is 24.3 Å². The second kappa shape index (κ2) is 9.15. The van der Waals surface area contributed by atoms with Crippen molar-refractivity contribution in [1.82, 2.24) is 5.32 Å². The van der Waals surface area contributed by atoms with E-state index in [-0.39, 0.29) is 11.9 Å². The molecule has 1 unspecified atom stereocenters. The summed E-state index contributed by atoms with van der Waals surface area (Å²) in [6, 6.07) is 10.8. The van der Waals surface area contributed by atoms with E-state index < -0.39 is 23.9 Å². The highest BCUT2D eigenvalue weighted by Crippen LogP contribution is 2.44. The quantitative estimate of drug-likeness (QED) is 0.666. The van der Waals surface area contributed by atoms with E-state index in [2.05, 4.69) is 5.32 Å². The molecule has 0 aliphatic heterocycles. The number of hydrogen-bond donors (Lipinski definition) is 1. The summed E-state index contributed by atoms with van der Waals surface area (Å²) in [5.41, 5.74) is 0.670. The van der Waals surface area contributed by atoms with Gasteiger partial charge in [0.05, 0.1) is 25.7 Å². The molecular weight excluding hydrogens is 389 g/mol. The maximum absolute atomic E-state index is 13.2. The zero-order valence-corrected chi connectivity index (χ0v) is 17.4. The van der Waals surface area contributed by atoms with Crippen molar-refractivity contribution in [1.29, 1.82) is 0 Å². The van der Waals surface area contributed by atoms with E-state index in [9.17, 15) is 14.0 Å². The molecule has 0 saturated heterocycles. The third-order valence-corrected chi connectivity index (χ3v) is 5.61. The fourth-order valence-corrected chi connectivity index (χ4v) is 3.72. The monoisotopic (exact) mass is 415 g/mol. The van der Waals surface area contributed by atoms with Crippen LogP contribution in [0.2, 0.25) is 0 Å². The van der Waals surface area contributed by atoms with Gasteiger partial charge in [0.25, 0.3) is 5.91 Å². The topological polar surface area (TPSA) is 73.9 Å². The fourth-order valence-electron chi connectivity index (χ4n) is 3.72. The molecule has 6 nitrogen and oxygen atoms in total. The predicted octanol–water partition coefficient (Wildman–Crippen LogP) is 3.69. The molecule has 1 fully saturated rings. The van der Waals surface area contributed by atoms with Gasteiger partial charge in [-0.25, -0.2) is 4.39 Å². The molecule has 2 aromatic rings.